The van der Waals surface area contributed by atoms with E-state index in [4.69, 9.17) is 5.11 Å². The van der Waals surface area contributed by atoms with Crippen molar-refractivity contribution in [3.05, 3.63) is 16.1 Å². The Kier molecular flexibility index (Phi) is 5.75. The summed E-state index contributed by atoms with van der Waals surface area (Å²) in [6.07, 6.45) is 2.42. The van der Waals surface area contributed by atoms with E-state index >= 15 is 0 Å². The molecular formula is C12H19N3O3S. The number of carboxylic acid groups (broad SMARTS) is 1. The lowest BCUT2D eigenvalue weighted by Gasteiger charge is -2.20. The van der Waals surface area contributed by atoms with Gasteiger partial charge in [-0.25, -0.2) is 14.6 Å². The van der Waals surface area contributed by atoms with Crippen LogP contribution in [0.4, 0.5) is 4.79 Å². The van der Waals surface area contributed by atoms with Crippen molar-refractivity contribution in [1.82, 2.24) is 15.6 Å². The average molecular weight is 285 g/mol. The van der Waals surface area contributed by atoms with E-state index in [9.17, 15) is 9.59 Å². The molecule has 1 rings (SSSR count). The van der Waals surface area contributed by atoms with Crippen molar-refractivity contribution in [3.63, 3.8) is 0 Å². The first kappa shape index (κ1) is 15.4. The van der Waals surface area contributed by atoms with E-state index in [1.165, 1.54) is 11.3 Å². The van der Waals surface area contributed by atoms with Crippen LogP contribution >= 0.6 is 11.3 Å². The van der Waals surface area contributed by atoms with Crippen molar-refractivity contribution in [1.29, 1.82) is 0 Å². The highest BCUT2D eigenvalue weighted by molar-refractivity contribution is 7.11. The SMILES string of the molecule is CCC(C)C(NC(=O)NCc1ncc(C)s1)C(=O)O. The summed E-state index contributed by atoms with van der Waals surface area (Å²) in [4.78, 5) is 27.9. The van der Waals surface area contributed by atoms with Gasteiger partial charge >= 0.3 is 12.0 Å². The summed E-state index contributed by atoms with van der Waals surface area (Å²) >= 11 is 1.50. The van der Waals surface area contributed by atoms with Crippen LogP contribution in [0, 0.1) is 12.8 Å². The van der Waals surface area contributed by atoms with Crippen LogP contribution in [-0.2, 0) is 11.3 Å². The number of aliphatic carboxylic acids is 1. The minimum Gasteiger partial charge on any atom is -0.480 e. The maximum atomic E-state index is 11.6. The number of amides is 2. The molecule has 0 aliphatic heterocycles. The molecule has 0 aliphatic rings. The lowest BCUT2D eigenvalue weighted by atomic mass is 9.99. The third kappa shape index (κ3) is 4.86. The van der Waals surface area contributed by atoms with Crippen LogP contribution in [0.5, 0.6) is 0 Å². The first-order valence-corrected chi connectivity index (χ1v) is 6.94. The van der Waals surface area contributed by atoms with E-state index in [1.54, 1.807) is 13.1 Å². The highest BCUT2D eigenvalue weighted by Crippen LogP contribution is 2.11. The molecule has 3 N–H and O–H groups in total. The number of thiazole rings is 1. The van der Waals surface area contributed by atoms with Crippen molar-refractivity contribution in [3.8, 4) is 0 Å². The number of carboxylic acids is 1. The maximum Gasteiger partial charge on any atom is 0.326 e. The number of carbonyl (C=O) groups excluding carboxylic acids is 1. The Hall–Kier alpha value is -1.63. The Labute approximate surface area is 116 Å². The summed E-state index contributed by atoms with van der Waals surface area (Å²) in [6, 6.07) is -1.36. The number of aryl methyl sites for hydroxylation is 1. The predicted octanol–water partition coefficient (Wildman–Crippen LogP) is 1.75. The number of nitrogens with one attached hydrogen (secondary N) is 2. The number of rotatable bonds is 6. The molecular weight excluding hydrogens is 266 g/mol. The van der Waals surface area contributed by atoms with Crippen LogP contribution in [0.1, 0.15) is 30.2 Å². The number of hydrogen-bond donors (Lipinski definition) is 3. The topological polar surface area (TPSA) is 91.3 Å². The van der Waals surface area contributed by atoms with Gasteiger partial charge < -0.3 is 15.7 Å². The lowest BCUT2D eigenvalue weighted by molar-refractivity contribution is -0.140. The normalized spacial score (nSPS) is 13.6. The van der Waals surface area contributed by atoms with E-state index in [-0.39, 0.29) is 5.92 Å². The summed E-state index contributed by atoms with van der Waals surface area (Å²) in [5.74, 6) is -1.14. The highest BCUT2D eigenvalue weighted by atomic mass is 32.1. The van der Waals surface area contributed by atoms with Gasteiger partial charge in [0.15, 0.2) is 0 Å². The van der Waals surface area contributed by atoms with Gasteiger partial charge in [-0.1, -0.05) is 20.3 Å². The Morgan fingerprint density at radius 2 is 2.21 bits per heavy atom. The molecule has 2 unspecified atom stereocenters. The largest absolute Gasteiger partial charge is 0.480 e. The molecule has 0 saturated heterocycles. The van der Waals surface area contributed by atoms with Gasteiger partial charge in [0.05, 0.1) is 6.54 Å². The fourth-order valence-electron chi connectivity index (χ4n) is 1.51. The van der Waals surface area contributed by atoms with Crippen LogP contribution in [-0.4, -0.2) is 28.1 Å². The van der Waals surface area contributed by atoms with E-state index < -0.39 is 18.0 Å². The van der Waals surface area contributed by atoms with Crippen molar-refractivity contribution in [2.75, 3.05) is 0 Å². The fourth-order valence-corrected chi connectivity index (χ4v) is 2.24. The van der Waals surface area contributed by atoms with Gasteiger partial charge in [-0.3, -0.25) is 0 Å². The van der Waals surface area contributed by atoms with Crippen LogP contribution in [0.25, 0.3) is 0 Å². The van der Waals surface area contributed by atoms with Crippen LogP contribution in [0.2, 0.25) is 0 Å². The summed E-state index contributed by atoms with van der Waals surface area (Å²) in [5, 5.41) is 14.9. The summed E-state index contributed by atoms with van der Waals surface area (Å²) in [6.45, 7) is 5.92. The average Bonchev–Trinajstić information content (AvgIpc) is 2.78. The molecule has 0 spiro atoms. The molecule has 6 nitrogen and oxygen atoms in total. The van der Waals surface area contributed by atoms with Gasteiger partial charge in [-0.15, -0.1) is 11.3 Å². The molecule has 2 atom stereocenters. The number of aromatic nitrogens is 1. The Bertz CT molecular complexity index is 447. The van der Waals surface area contributed by atoms with Gasteiger partial charge in [0.2, 0.25) is 0 Å². The Morgan fingerprint density at radius 1 is 1.53 bits per heavy atom. The first-order valence-electron chi connectivity index (χ1n) is 6.12. The molecule has 106 valence electrons. The molecule has 0 bridgehead atoms. The van der Waals surface area contributed by atoms with Crippen molar-refractivity contribution < 1.29 is 14.7 Å². The van der Waals surface area contributed by atoms with Crippen molar-refractivity contribution >= 4 is 23.3 Å². The van der Waals surface area contributed by atoms with Gasteiger partial charge in [-0.05, 0) is 12.8 Å². The molecule has 7 heteroatoms. The molecule has 0 aliphatic carbocycles. The quantitative estimate of drug-likeness (QED) is 0.742. The number of nitrogens with zero attached hydrogens (tertiary/aromatic N) is 1. The van der Waals surface area contributed by atoms with Crippen LogP contribution < -0.4 is 10.6 Å². The van der Waals surface area contributed by atoms with E-state index in [0.717, 1.165) is 9.88 Å². The lowest BCUT2D eigenvalue weighted by Crippen LogP contribution is -2.48. The van der Waals surface area contributed by atoms with E-state index in [0.29, 0.717) is 13.0 Å². The molecule has 0 saturated carbocycles. The molecule has 1 aromatic rings. The first-order chi connectivity index (χ1) is 8.93. The second kappa shape index (κ2) is 7.08. The summed E-state index contributed by atoms with van der Waals surface area (Å²) < 4.78 is 0. The number of urea groups is 1. The smallest absolute Gasteiger partial charge is 0.326 e. The van der Waals surface area contributed by atoms with E-state index in [1.807, 2.05) is 13.8 Å². The van der Waals surface area contributed by atoms with Crippen LogP contribution in [0.15, 0.2) is 6.20 Å². The molecule has 1 heterocycles. The highest BCUT2D eigenvalue weighted by Gasteiger charge is 2.25. The molecule has 0 aromatic carbocycles. The van der Waals surface area contributed by atoms with Gasteiger partial charge in [0, 0.05) is 11.1 Å². The molecule has 19 heavy (non-hydrogen) atoms. The molecule has 1 aromatic heterocycles. The number of hydrogen-bond acceptors (Lipinski definition) is 4. The molecule has 0 fully saturated rings. The second-order valence-corrected chi connectivity index (χ2v) is 5.71. The zero-order chi connectivity index (χ0) is 14.4. The second-order valence-electron chi connectivity index (χ2n) is 4.39. The zero-order valence-electron chi connectivity index (χ0n) is 11.3. The fraction of sp³-hybridized carbons (Fsp3) is 0.583. The van der Waals surface area contributed by atoms with E-state index in [2.05, 4.69) is 15.6 Å². The third-order valence-corrected chi connectivity index (χ3v) is 3.75. The Morgan fingerprint density at radius 3 is 2.68 bits per heavy atom. The van der Waals surface area contributed by atoms with Gasteiger partial charge in [-0.2, -0.15) is 0 Å². The van der Waals surface area contributed by atoms with Crippen molar-refractivity contribution in [2.45, 2.75) is 39.8 Å². The summed E-state index contributed by atoms with van der Waals surface area (Å²) in [7, 11) is 0. The van der Waals surface area contributed by atoms with Gasteiger partial charge in [0.1, 0.15) is 11.0 Å². The molecule has 0 radical (unpaired) electrons. The molecule has 2 amide bonds. The minimum absolute atomic E-state index is 0.120. The summed E-state index contributed by atoms with van der Waals surface area (Å²) in [5.41, 5.74) is 0. The maximum absolute atomic E-state index is 11.6. The Balaban J connectivity index is 2.46. The minimum atomic E-state index is -1.02. The van der Waals surface area contributed by atoms with Crippen LogP contribution in [0.3, 0.4) is 0 Å². The van der Waals surface area contributed by atoms with Crippen molar-refractivity contribution in [2.24, 2.45) is 5.92 Å². The third-order valence-electron chi connectivity index (χ3n) is 2.83. The predicted molar refractivity (Wildman–Crippen MR) is 73.1 cm³/mol. The van der Waals surface area contributed by atoms with Gasteiger partial charge in [0.25, 0.3) is 0 Å². The monoisotopic (exact) mass is 285 g/mol. The zero-order valence-corrected chi connectivity index (χ0v) is 12.1. The standard InChI is InChI=1S/C12H19N3O3S/c1-4-7(2)10(11(16)17)15-12(18)14-6-9-13-5-8(3)19-9/h5,7,10H,4,6H2,1-3H3,(H,16,17)(H2,14,15,18). The number of carbonyl (C=O) groups is 2.